The van der Waals surface area contributed by atoms with Gasteiger partial charge in [-0.3, -0.25) is 9.59 Å². The van der Waals surface area contributed by atoms with Gasteiger partial charge in [-0.1, -0.05) is 36.8 Å². The highest BCUT2D eigenvalue weighted by molar-refractivity contribution is 5.78. The molecule has 4 nitrogen and oxygen atoms in total. The summed E-state index contributed by atoms with van der Waals surface area (Å²) in [6.45, 7) is 2.83. The van der Waals surface area contributed by atoms with Gasteiger partial charge in [-0.25, -0.2) is 0 Å². The average molecular weight is 369 g/mol. The fraction of sp³-hybridized carbons (Fsp3) is 0.652. The summed E-state index contributed by atoms with van der Waals surface area (Å²) in [5, 5.41) is 0. The van der Waals surface area contributed by atoms with Crippen LogP contribution in [0.5, 0.6) is 0 Å². The Labute approximate surface area is 162 Å². The number of carbonyl (C=O) groups excluding carboxylic acids is 2. The Kier molecular flexibility index (Phi) is 5.80. The van der Waals surface area contributed by atoms with Crippen molar-refractivity contribution in [2.24, 2.45) is 17.8 Å². The van der Waals surface area contributed by atoms with E-state index < -0.39 is 0 Å². The minimum atomic E-state index is 0.242. The molecular formula is C23H32N2O2. The van der Waals surface area contributed by atoms with E-state index in [9.17, 15) is 9.59 Å². The summed E-state index contributed by atoms with van der Waals surface area (Å²) in [6.07, 6.45) is 8.56. The third-order valence-electron chi connectivity index (χ3n) is 7.01. The Hall–Kier alpha value is -1.84. The summed E-state index contributed by atoms with van der Waals surface area (Å²) < 4.78 is 0. The van der Waals surface area contributed by atoms with Gasteiger partial charge in [-0.15, -0.1) is 0 Å². The maximum Gasteiger partial charge on any atom is 0.222 e. The Balaban J connectivity index is 1.16. The Morgan fingerprint density at radius 1 is 0.889 bits per heavy atom. The maximum atomic E-state index is 12.7. The molecule has 1 aromatic carbocycles. The first kappa shape index (κ1) is 18.5. The van der Waals surface area contributed by atoms with Crippen LogP contribution in [0, 0.1) is 17.8 Å². The van der Waals surface area contributed by atoms with E-state index in [4.69, 9.17) is 0 Å². The van der Waals surface area contributed by atoms with Crippen LogP contribution in [0.3, 0.4) is 0 Å². The van der Waals surface area contributed by atoms with Crippen LogP contribution >= 0.6 is 0 Å². The molecule has 0 aromatic heterocycles. The van der Waals surface area contributed by atoms with Crippen molar-refractivity contribution in [1.29, 1.82) is 0 Å². The molecule has 1 aromatic rings. The van der Waals surface area contributed by atoms with Crippen LogP contribution in [0.15, 0.2) is 30.3 Å². The lowest BCUT2D eigenvalue weighted by molar-refractivity contribution is -0.140. The van der Waals surface area contributed by atoms with Gasteiger partial charge < -0.3 is 9.80 Å². The van der Waals surface area contributed by atoms with Gasteiger partial charge >= 0.3 is 0 Å². The van der Waals surface area contributed by atoms with E-state index in [1.807, 2.05) is 28.0 Å². The van der Waals surface area contributed by atoms with Crippen molar-refractivity contribution in [2.45, 2.75) is 51.4 Å². The second-order valence-corrected chi connectivity index (χ2v) is 8.74. The van der Waals surface area contributed by atoms with Crippen LogP contribution in [-0.2, 0) is 16.0 Å². The predicted molar refractivity (Wildman–Crippen MR) is 106 cm³/mol. The zero-order valence-electron chi connectivity index (χ0n) is 16.3. The van der Waals surface area contributed by atoms with E-state index in [0.29, 0.717) is 44.4 Å². The summed E-state index contributed by atoms with van der Waals surface area (Å²) >= 11 is 0. The van der Waals surface area contributed by atoms with Gasteiger partial charge in [-0.2, -0.15) is 0 Å². The van der Waals surface area contributed by atoms with Crippen LogP contribution in [0.1, 0.15) is 50.5 Å². The molecule has 2 bridgehead atoms. The summed E-state index contributed by atoms with van der Waals surface area (Å²) in [5.74, 6) is 2.91. The summed E-state index contributed by atoms with van der Waals surface area (Å²) in [6, 6.07) is 10.3. The van der Waals surface area contributed by atoms with Crippen molar-refractivity contribution in [2.75, 3.05) is 26.2 Å². The van der Waals surface area contributed by atoms with Crippen molar-refractivity contribution in [3.05, 3.63) is 35.9 Å². The second-order valence-electron chi connectivity index (χ2n) is 8.74. The lowest BCUT2D eigenvalue weighted by atomic mass is 9.86. The van der Waals surface area contributed by atoms with Crippen molar-refractivity contribution in [3.63, 3.8) is 0 Å². The summed E-state index contributed by atoms with van der Waals surface area (Å²) in [4.78, 5) is 29.1. The number of piperazine rings is 1. The molecule has 2 aliphatic carbocycles. The van der Waals surface area contributed by atoms with Crippen LogP contribution in [0.4, 0.5) is 0 Å². The Bertz CT molecular complexity index is 652. The zero-order chi connectivity index (χ0) is 18.6. The highest BCUT2D eigenvalue weighted by atomic mass is 16.2. The van der Waals surface area contributed by atoms with Gasteiger partial charge in [0.1, 0.15) is 0 Å². The van der Waals surface area contributed by atoms with Gasteiger partial charge in [0.15, 0.2) is 0 Å². The summed E-state index contributed by atoms with van der Waals surface area (Å²) in [5.41, 5.74) is 1.29. The topological polar surface area (TPSA) is 40.6 Å². The number of amides is 2. The molecule has 2 saturated carbocycles. The van der Waals surface area contributed by atoms with E-state index >= 15 is 0 Å². The molecule has 1 heterocycles. The highest BCUT2D eigenvalue weighted by Gasteiger charge is 2.40. The van der Waals surface area contributed by atoms with Crippen LogP contribution in [0.2, 0.25) is 0 Å². The van der Waals surface area contributed by atoms with E-state index in [2.05, 4.69) is 12.1 Å². The first-order chi connectivity index (χ1) is 13.2. The molecule has 3 unspecified atom stereocenters. The molecule has 3 fully saturated rings. The molecule has 0 N–H and O–H groups in total. The van der Waals surface area contributed by atoms with Crippen molar-refractivity contribution < 1.29 is 9.59 Å². The van der Waals surface area contributed by atoms with Gasteiger partial charge in [0.05, 0.1) is 0 Å². The van der Waals surface area contributed by atoms with Crippen LogP contribution in [-0.4, -0.2) is 47.8 Å². The third kappa shape index (κ3) is 4.53. The third-order valence-corrected chi connectivity index (χ3v) is 7.01. The molecule has 146 valence electrons. The molecule has 4 heteroatoms. The smallest absolute Gasteiger partial charge is 0.222 e. The van der Waals surface area contributed by atoms with E-state index in [0.717, 1.165) is 31.1 Å². The number of fused-ring (bicyclic) bond motifs is 2. The SMILES string of the molecule is O=C(CCCc1ccccc1)N1CCN(C(=O)CC2CC3CCC2C3)CC1. The fourth-order valence-electron chi connectivity index (χ4n) is 5.43. The number of hydrogen-bond donors (Lipinski definition) is 0. The van der Waals surface area contributed by atoms with Crippen molar-refractivity contribution in [3.8, 4) is 0 Å². The lowest BCUT2D eigenvalue weighted by Gasteiger charge is -2.36. The molecule has 1 saturated heterocycles. The monoisotopic (exact) mass is 368 g/mol. The molecule has 0 radical (unpaired) electrons. The van der Waals surface area contributed by atoms with Gasteiger partial charge in [0.25, 0.3) is 0 Å². The molecule has 2 amide bonds. The van der Waals surface area contributed by atoms with Crippen LogP contribution in [0.25, 0.3) is 0 Å². The second kappa shape index (κ2) is 8.45. The molecule has 3 atom stereocenters. The predicted octanol–water partition coefficient (Wildman–Crippen LogP) is 3.51. The van der Waals surface area contributed by atoms with E-state index in [1.54, 1.807) is 0 Å². The molecular weight excluding hydrogens is 336 g/mol. The van der Waals surface area contributed by atoms with Crippen LogP contribution < -0.4 is 0 Å². The number of nitrogens with zero attached hydrogens (tertiary/aromatic N) is 2. The highest BCUT2D eigenvalue weighted by Crippen LogP contribution is 2.49. The largest absolute Gasteiger partial charge is 0.339 e. The molecule has 4 rings (SSSR count). The van der Waals surface area contributed by atoms with Crippen molar-refractivity contribution in [1.82, 2.24) is 9.80 Å². The van der Waals surface area contributed by atoms with Gasteiger partial charge in [-0.05, 0) is 55.4 Å². The molecule has 3 aliphatic rings. The molecule has 0 spiro atoms. The quantitative estimate of drug-likeness (QED) is 0.771. The van der Waals surface area contributed by atoms with E-state index in [1.165, 1.54) is 31.2 Å². The minimum absolute atomic E-state index is 0.242. The number of aryl methyl sites for hydroxylation is 1. The Morgan fingerprint density at radius 2 is 1.59 bits per heavy atom. The average Bonchev–Trinajstić information content (AvgIpc) is 3.32. The molecule has 1 aliphatic heterocycles. The van der Waals surface area contributed by atoms with Crippen molar-refractivity contribution >= 4 is 11.8 Å². The normalized spacial score (nSPS) is 27.2. The number of rotatable bonds is 6. The standard InChI is InChI=1S/C23H32N2O2/c26-22(8-4-7-18-5-2-1-3-6-18)24-11-13-25(14-12-24)23(27)17-21-16-19-9-10-20(21)15-19/h1-3,5-6,19-21H,4,7-17H2. The van der Waals surface area contributed by atoms with Gasteiger partial charge in [0, 0.05) is 39.0 Å². The first-order valence-electron chi connectivity index (χ1n) is 10.8. The van der Waals surface area contributed by atoms with Gasteiger partial charge in [0.2, 0.25) is 11.8 Å². The number of hydrogen-bond acceptors (Lipinski definition) is 2. The number of benzene rings is 1. The zero-order valence-corrected chi connectivity index (χ0v) is 16.3. The maximum absolute atomic E-state index is 12.7. The molecule has 27 heavy (non-hydrogen) atoms. The minimum Gasteiger partial charge on any atom is -0.339 e. The first-order valence-corrected chi connectivity index (χ1v) is 10.8. The lowest BCUT2D eigenvalue weighted by Crippen LogP contribution is -2.50. The van der Waals surface area contributed by atoms with E-state index in [-0.39, 0.29) is 5.91 Å². The Morgan fingerprint density at radius 3 is 2.22 bits per heavy atom. The fourth-order valence-corrected chi connectivity index (χ4v) is 5.43. The number of carbonyl (C=O) groups is 2. The summed E-state index contributed by atoms with van der Waals surface area (Å²) in [7, 11) is 0.